The molecule has 1 saturated carbocycles. The summed E-state index contributed by atoms with van der Waals surface area (Å²) in [4.78, 5) is 2.58. The van der Waals surface area contributed by atoms with Crippen molar-refractivity contribution in [3.63, 3.8) is 0 Å². The van der Waals surface area contributed by atoms with Gasteiger partial charge in [0.1, 0.15) is 0 Å². The van der Waals surface area contributed by atoms with Crippen LogP contribution < -0.4 is 11.1 Å². The van der Waals surface area contributed by atoms with Crippen LogP contribution in [-0.2, 0) is 4.74 Å². The summed E-state index contributed by atoms with van der Waals surface area (Å²) in [5.74, 6) is 0. The van der Waals surface area contributed by atoms with Crippen molar-refractivity contribution in [1.82, 2.24) is 4.90 Å². The van der Waals surface area contributed by atoms with E-state index in [1.807, 2.05) is 18.2 Å². The molecule has 1 aliphatic carbocycles. The van der Waals surface area contributed by atoms with Gasteiger partial charge in [-0.05, 0) is 37.5 Å². The maximum atomic E-state index is 5.84. The number of morpholine rings is 1. The fourth-order valence-electron chi connectivity index (χ4n) is 3.30. The zero-order chi connectivity index (χ0) is 13.1. The Bertz CT molecular complexity index is 418. The highest BCUT2D eigenvalue weighted by Gasteiger charge is 2.32. The molecule has 2 unspecified atom stereocenters. The summed E-state index contributed by atoms with van der Waals surface area (Å²) in [6, 6.07) is 9.25. The maximum Gasteiger partial charge on any atom is 0.0594 e. The lowest BCUT2D eigenvalue weighted by Crippen LogP contribution is -2.48. The number of ether oxygens (including phenoxy) is 1. The molecular formula is C15H23N3O. The zero-order valence-electron chi connectivity index (χ0n) is 11.3. The third kappa shape index (κ3) is 3.01. The number of nitrogens with zero attached hydrogens (tertiary/aromatic N) is 1. The fourth-order valence-corrected chi connectivity index (χ4v) is 3.30. The van der Waals surface area contributed by atoms with Gasteiger partial charge in [-0.3, -0.25) is 4.90 Å². The maximum absolute atomic E-state index is 5.84. The number of nitrogens with one attached hydrogen (secondary N) is 1. The smallest absolute Gasteiger partial charge is 0.0594 e. The SMILES string of the molecule is Nc1cccc(NC2CCCC2N2CCOCC2)c1. The second-order valence-electron chi connectivity index (χ2n) is 5.52. The van der Waals surface area contributed by atoms with Crippen LogP contribution in [0, 0.1) is 0 Å². The molecule has 0 aromatic heterocycles. The van der Waals surface area contributed by atoms with E-state index in [2.05, 4.69) is 16.3 Å². The van der Waals surface area contributed by atoms with Crippen molar-refractivity contribution in [3.05, 3.63) is 24.3 Å². The van der Waals surface area contributed by atoms with Gasteiger partial charge in [0.25, 0.3) is 0 Å². The number of rotatable bonds is 3. The van der Waals surface area contributed by atoms with E-state index in [1.165, 1.54) is 19.3 Å². The molecule has 0 bridgehead atoms. The summed E-state index contributed by atoms with van der Waals surface area (Å²) in [6.07, 6.45) is 3.85. The second-order valence-corrected chi connectivity index (χ2v) is 5.52. The van der Waals surface area contributed by atoms with Crippen LogP contribution in [0.15, 0.2) is 24.3 Å². The minimum absolute atomic E-state index is 0.542. The minimum Gasteiger partial charge on any atom is -0.399 e. The van der Waals surface area contributed by atoms with Crippen LogP contribution in [0.5, 0.6) is 0 Å². The molecule has 0 amide bonds. The van der Waals surface area contributed by atoms with Gasteiger partial charge in [-0.2, -0.15) is 0 Å². The Morgan fingerprint density at radius 1 is 1.21 bits per heavy atom. The molecule has 1 aliphatic heterocycles. The molecule has 1 saturated heterocycles. The van der Waals surface area contributed by atoms with Crippen molar-refractivity contribution < 1.29 is 4.74 Å². The Balaban J connectivity index is 1.65. The van der Waals surface area contributed by atoms with E-state index < -0.39 is 0 Å². The Morgan fingerprint density at radius 2 is 2.05 bits per heavy atom. The van der Waals surface area contributed by atoms with Gasteiger partial charge >= 0.3 is 0 Å². The Labute approximate surface area is 114 Å². The first-order chi connectivity index (χ1) is 9.33. The minimum atomic E-state index is 0.542. The number of anilines is 2. The van der Waals surface area contributed by atoms with Crippen molar-refractivity contribution in [2.75, 3.05) is 37.4 Å². The van der Waals surface area contributed by atoms with Crippen molar-refractivity contribution in [2.24, 2.45) is 0 Å². The van der Waals surface area contributed by atoms with Gasteiger partial charge in [0.15, 0.2) is 0 Å². The number of benzene rings is 1. The van der Waals surface area contributed by atoms with Crippen LogP contribution in [0.2, 0.25) is 0 Å². The highest BCUT2D eigenvalue weighted by Crippen LogP contribution is 2.28. The predicted octanol–water partition coefficient (Wildman–Crippen LogP) is 1.93. The van der Waals surface area contributed by atoms with Gasteiger partial charge in [0, 0.05) is 36.5 Å². The summed E-state index contributed by atoms with van der Waals surface area (Å²) in [5, 5.41) is 3.67. The molecular weight excluding hydrogens is 238 g/mol. The molecule has 2 atom stereocenters. The van der Waals surface area contributed by atoms with Crippen LogP contribution in [0.4, 0.5) is 11.4 Å². The Morgan fingerprint density at radius 3 is 2.84 bits per heavy atom. The van der Waals surface area contributed by atoms with Crippen molar-refractivity contribution in [1.29, 1.82) is 0 Å². The largest absolute Gasteiger partial charge is 0.399 e. The first-order valence-electron chi connectivity index (χ1n) is 7.27. The molecule has 0 radical (unpaired) electrons. The molecule has 1 aromatic carbocycles. The molecule has 1 aromatic rings. The third-order valence-corrected chi connectivity index (χ3v) is 4.23. The van der Waals surface area contributed by atoms with E-state index in [4.69, 9.17) is 10.5 Å². The molecule has 1 heterocycles. The highest BCUT2D eigenvalue weighted by molar-refractivity contribution is 5.54. The summed E-state index contributed by atoms with van der Waals surface area (Å²) in [5.41, 5.74) is 7.81. The average Bonchev–Trinajstić information content (AvgIpc) is 2.88. The summed E-state index contributed by atoms with van der Waals surface area (Å²) in [6.45, 7) is 3.89. The van der Waals surface area contributed by atoms with Crippen LogP contribution in [0.25, 0.3) is 0 Å². The molecule has 3 N–H and O–H groups in total. The number of hydrogen-bond donors (Lipinski definition) is 2. The van der Waals surface area contributed by atoms with Gasteiger partial charge in [0.2, 0.25) is 0 Å². The summed E-state index contributed by atoms with van der Waals surface area (Å²) >= 11 is 0. The summed E-state index contributed by atoms with van der Waals surface area (Å²) in [7, 11) is 0. The van der Waals surface area contributed by atoms with Gasteiger partial charge in [-0.15, -0.1) is 0 Å². The van der Waals surface area contributed by atoms with E-state index >= 15 is 0 Å². The van der Waals surface area contributed by atoms with Gasteiger partial charge < -0.3 is 15.8 Å². The van der Waals surface area contributed by atoms with Gasteiger partial charge in [0.05, 0.1) is 13.2 Å². The van der Waals surface area contributed by atoms with E-state index in [-0.39, 0.29) is 0 Å². The first kappa shape index (κ1) is 12.8. The molecule has 19 heavy (non-hydrogen) atoms. The second kappa shape index (κ2) is 5.80. The number of hydrogen-bond acceptors (Lipinski definition) is 4. The van der Waals surface area contributed by atoms with E-state index in [1.54, 1.807) is 0 Å². The van der Waals surface area contributed by atoms with Crippen LogP contribution in [0.1, 0.15) is 19.3 Å². The fraction of sp³-hybridized carbons (Fsp3) is 0.600. The Hall–Kier alpha value is -1.26. The van der Waals surface area contributed by atoms with Crippen molar-refractivity contribution in [2.45, 2.75) is 31.3 Å². The average molecular weight is 261 g/mol. The molecule has 4 nitrogen and oxygen atoms in total. The lowest BCUT2D eigenvalue weighted by molar-refractivity contribution is 0.0161. The van der Waals surface area contributed by atoms with E-state index in [0.29, 0.717) is 12.1 Å². The monoisotopic (exact) mass is 261 g/mol. The van der Waals surface area contributed by atoms with E-state index in [9.17, 15) is 0 Å². The number of nitrogen functional groups attached to an aromatic ring is 1. The van der Waals surface area contributed by atoms with Crippen LogP contribution in [-0.4, -0.2) is 43.3 Å². The van der Waals surface area contributed by atoms with Crippen molar-refractivity contribution >= 4 is 11.4 Å². The standard InChI is InChI=1S/C15H23N3O/c16-12-3-1-4-13(11-12)17-14-5-2-6-15(14)18-7-9-19-10-8-18/h1,3-4,11,14-15,17H,2,5-10,16H2. The lowest BCUT2D eigenvalue weighted by Gasteiger charge is -2.36. The molecule has 3 rings (SSSR count). The predicted molar refractivity (Wildman–Crippen MR) is 78.3 cm³/mol. The van der Waals surface area contributed by atoms with Gasteiger partial charge in [-0.1, -0.05) is 6.07 Å². The quantitative estimate of drug-likeness (QED) is 0.816. The van der Waals surface area contributed by atoms with Crippen molar-refractivity contribution in [3.8, 4) is 0 Å². The van der Waals surface area contributed by atoms with Crippen LogP contribution >= 0.6 is 0 Å². The molecule has 2 aliphatic rings. The molecule has 4 heteroatoms. The Kier molecular flexibility index (Phi) is 3.89. The first-order valence-corrected chi connectivity index (χ1v) is 7.27. The van der Waals surface area contributed by atoms with Crippen LogP contribution in [0.3, 0.4) is 0 Å². The molecule has 104 valence electrons. The summed E-state index contributed by atoms with van der Waals surface area (Å²) < 4.78 is 5.45. The highest BCUT2D eigenvalue weighted by atomic mass is 16.5. The third-order valence-electron chi connectivity index (χ3n) is 4.23. The van der Waals surface area contributed by atoms with Gasteiger partial charge in [-0.25, -0.2) is 0 Å². The number of nitrogens with two attached hydrogens (primary N) is 1. The molecule has 0 spiro atoms. The zero-order valence-corrected chi connectivity index (χ0v) is 11.3. The molecule has 2 fully saturated rings. The van der Waals surface area contributed by atoms with E-state index in [0.717, 1.165) is 37.7 Å². The lowest BCUT2D eigenvalue weighted by atomic mass is 10.1. The topological polar surface area (TPSA) is 50.5 Å². The normalized spacial score (nSPS) is 28.4.